The van der Waals surface area contributed by atoms with Crippen LogP contribution in [0.3, 0.4) is 0 Å². The van der Waals surface area contributed by atoms with Gasteiger partial charge in [-0.2, -0.15) is 10.1 Å². The Morgan fingerprint density at radius 3 is 2.09 bits per heavy atom. The molecule has 0 spiro atoms. The minimum absolute atomic E-state index is 0.0855. The normalized spacial score (nSPS) is 12.3. The molecule has 0 N–H and O–H groups in total. The number of aromatic nitrogens is 4. The Hall–Kier alpha value is -4.13. The summed E-state index contributed by atoms with van der Waals surface area (Å²) < 4.78 is 55.1. The second kappa shape index (κ2) is 19.9. The zero-order valence-electron chi connectivity index (χ0n) is 25.3. The van der Waals surface area contributed by atoms with E-state index in [0.29, 0.717) is 51.0 Å². The summed E-state index contributed by atoms with van der Waals surface area (Å²) in [5, 5.41) is 8.80. The molecule has 0 saturated carbocycles. The number of aryl methyl sites for hydroxylation is 2. The number of piperazine rings is 1. The predicted octanol–water partition coefficient (Wildman–Crippen LogP) is 6.29. The molecule has 0 radical (unpaired) electrons. The van der Waals surface area contributed by atoms with Gasteiger partial charge in [0, 0.05) is 43.0 Å². The van der Waals surface area contributed by atoms with Gasteiger partial charge in [0.15, 0.2) is 5.69 Å². The first-order valence-corrected chi connectivity index (χ1v) is 13.2. The van der Waals surface area contributed by atoms with E-state index in [1.165, 1.54) is 5.56 Å². The monoisotopic (exact) mass is 610 g/mol. The second-order valence-electron chi connectivity index (χ2n) is 9.01. The van der Waals surface area contributed by atoms with Crippen LogP contribution < -0.4 is 0 Å². The number of rotatable bonds is 5. The number of benzene rings is 2. The molecule has 1 aliphatic rings. The van der Waals surface area contributed by atoms with Crippen LogP contribution in [0.5, 0.6) is 0 Å². The van der Waals surface area contributed by atoms with E-state index in [1.807, 2.05) is 78.0 Å². The molecule has 2 aromatic carbocycles. The SMILES string of the molecule is CF.CF.CF.Cc1ccc(-c2noc(-c3cc(C)n(Cc4cccc(C(=O)N5CCN(C)CC5)c4)n3)n2)cc1.FCF. The summed E-state index contributed by atoms with van der Waals surface area (Å²) in [6, 6.07) is 17.7. The van der Waals surface area contributed by atoms with Crippen molar-refractivity contribution in [3.05, 3.63) is 77.0 Å². The van der Waals surface area contributed by atoms with E-state index in [9.17, 15) is 26.7 Å². The minimum atomic E-state index is -1.75. The van der Waals surface area contributed by atoms with Gasteiger partial charge in [-0.05, 0) is 44.7 Å². The molecule has 4 aromatic rings. The molecule has 0 bridgehead atoms. The average Bonchev–Trinajstić information content (AvgIpc) is 3.68. The van der Waals surface area contributed by atoms with E-state index < -0.39 is 6.93 Å². The molecule has 0 unspecified atom stereocenters. The molecule has 1 amide bonds. The quantitative estimate of drug-likeness (QED) is 0.247. The second-order valence-corrected chi connectivity index (χ2v) is 9.01. The van der Waals surface area contributed by atoms with Crippen LogP contribution >= 0.6 is 0 Å². The molecule has 8 nitrogen and oxygen atoms in total. The van der Waals surface area contributed by atoms with Crippen LogP contribution in [-0.4, -0.2) is 97.3 Å². The molecule has 1 saturated heterocycles. The molecule has 1 aliphatic heterocycles. The molecule has 236 valence electrons. The van der Waals surface area contributed by atoms with Gasteiger partial charge in [0.05, 0.1) is 28.1 Å². The first-order chi connectivity index (χ1) is 20.9. The number of alkyl halides is 5. The highest BCUT2D eigenvalue weighted by molar-refractivity contribution is 5.94. The number of halogens is 5. The number of amides is 1. The van der Waals surface area contributed by atoms with Crippen LogP contribution in [0.4, 0.5) is 22.0 Å². The van der Waals surface area contributed by atoms with Gasteiger partial charge in [0.2, 0.25) is 12.8 Å². The molecule has 43 heavy (non-hydrogen) atoms. The fraction of sp³-hybridized carbons (Fsp3) is 0.400. The number of likely N-dealkylation sites (N-methyl/N-ethyl adjacent to an activating group) is 1. The largest absolute Gasteiger partial charge is 0.336 e. The van der Waals surface area contributed by atoms with Gasteiger partial charge < -0.3 is 14.3 Å². The summed E-state index contributed by atoms with van der Waals surface area (Å²) in [6.07, 6.45) is 0. The van der Waals surface area contributed by atoms with Crippen LogP contribution in [0.15, 0.2) is 59.1 Å². The lowest BCUT2D eigenvalue weighted by Crippen LogP contribution is -2.47. The number of nitrogens with zero attached hydrogens (tertiary/aromatic N) is 6. The first-order valence-electron chi connectivity index (χ1n) is 13.2. The summed E-state index contributed by atoms with van der Waals surface area (Å²) in [6.45, 7) is 6.16. The number of hydrogen-bond donors (Lipinski definition) is 0. The van der Waals surface area contributed by atoms with Crippen molar-refractivity contribution < 1.29 is 31.3 Å². The van der Waals surface area contributed by atoms with Crippen molar-refractivity contribution in [3.8, 4) is 23.0 Å². The molecule has 0 aliphatic carbocycles. The van der Waals surface area contributed by atoms with Crippen LogP contribution in [0, 0.1) is 13.8 Å². The molecular formula is C30H39F5N6O2. The fourth-order valence-corrected chi connectivity index (χ4v) is 4.09. The van der Waals surface area contributed by atoms with E-state index >= 15 is 0 Å². The average molecular weight is 611 g/mol. The summed E-state index contributed by atoms with van der Waals surface area (Å²) >= 11 is 0. The molecule has 2 aromatic heterocycles. The van der Waals surface area contributed by atoms with Gasteiger partial charge >= 0.3 is 0 Å². The van der Waals surface area contributed by atoms with E-state index in [0.717, 1.165) is 43.0 Å². The lowest BCUT2D eigenvalue weighted by molar-refractivity contribution is 0.0664. The van der Waals surface area contributed by atoms with Crippen molar-refractivity contribution >= 4 is 5.91 Å². The first kappa shape index (κ1) is 36.9. The van der Waals surface area contributed by atoms with Gasteiger partial charge in [-0.3, -0.25) is 22.6 Å². The number of carbonyl (C=O) groups is 1. The fourth-order valence-electron chi connectivity index (χ4n) is 4.09. The molecule has 5 rings (SSSR count). The molecule has 3 heterocycles. The van der Waals surface area contributed by atoms with Crippen molar-refractivity contribution in [3.63, 3.8) is 0 Å². The maximum atomic E-state index is 13.0. The Balaban J connectivity index is 0.000000934. The van der Waals surface area contributed by atoms with Gasteiger partial charge in [-0.15, -0.1) is 0 Å². The minimum Gasteiger partial charge on any atom is -0.336 e. The number of hydrogen-bond acceptors (Lipinski definition) is 6. The van der Waals surface area contributed by atoms with Crippen molar-refractivity contribution in [2.75, 3.05) is 61.7 Å². The number of carbonyl (C=O) groups excluding carboxylic acids is 1. The maximum absolute atomic E-state index is 13.0. The smallest absolute Gasteiger partial charge is 0.278 e. The third-order valence-electron chi connectivity index (χ3n) is 6.23. The Morgan fingerprint density at radius 1 is 0.884 bits per heavy atom. The summed E-state index contributed by atoms with van der Waals surface area (Å²) in [4.78, 5) is 21.7. The molecular weight excluding hydrogens is 571 g/mol. The lowest BCUT2D eigenvalue weighted by atomic mass is 10.1. The Morgan fingerprint density at radius 2 is 1.49 bits per heavy atom. The summed E-state index contributed by atoms with van der Waals surface area (Å²) in [5.74, 6) is 1.01. The van der Waals surface area contributed by atoms with Gasteiger partial charge in [0.25, 0.3) is 11.8 Å². The van der Waals surface area contributed by atoms with Crippen molar-refractivity contribution in [1.29, 1.82) is 0 Å². The van der Waals surface area contributed by atoms with Crippen molar-refractivity contribution in [2.24, 2.45) is 0 Å². The highest BCUT2D eigenvalue weighted by Gasteiger charge is 2.21. The lowest BCUT2D eigenvalue weighted by Gasteiger charge is -2.32. The summed E-state index contributed by atoms with van der Waals surface area (Å²) in [7, 11) is 3.58. The van der Waals surface area contributed by atoms with E-state index in [1.54, 1.807) is 0 Å². The van der Waals surface area contributed by atoms with Gasteiger partial charge in [-0.1, -0.05) is 47.1 Å². The van der Waals surface area contributed by atoms with E-state index in [2.05, 4.69) is 27.2 Å². The highest BCUT2D eigenvalue weighted by Crippen LogP contribution is 2.23. The Kier molecular flexibility index (Phi) is 17.1. The Labute approximate surface area is 249 Å². The van der Waals surface area contributed by atoms with Crippen molar-refractivity contribution in [1.82, 2.24) is 29.7 Å². The standard InChI is InChI=1S/C26H28N6O2.CH2F2.3CH3F/c1-18-7-9-21(10-8-18)24-27-25(34-29-24)23-15-19(2)32(28-23)17-20-5-4-6-22(16-20)26(33)31-13-11-30(3)12-14-31;2-1-3;3*1-2/h4-10,15-16H,11-14,17H2,1-3H3;1H2;3*1H3. The van der Waals surface area contributed by atoms with Gasteiger partial charge in [-0.25, -0.2) is 8.78 Å². The Bertz CT molecular complexity index is 1340. The van der Waals surface area contributed by atoms with E-state index in [4.69, 9.17) is 4.52 Å². The van der Waals surface area contributed by atoms with E-state index in [-0.39, 0.29) is 5.91 Å². The molecule has 13 heteroatoms. The molecule has 0 atom stereocenters. The van der Waals surface area contributed by atoms with Crippen LogP contribution in [0.1, 0.15) is 27.2 Å². The third kappa shape index (κ3) is 10.9. The highest BCUT2D eigenvalue weighted by atomic mass is 19.3. The predicted molar refractivity (Wildman–Crippen MR) is 158 cm³/mol. The zero-order valence-corrected chi connectivity index (χ0v) is 25.3. The molecule has 1 fully saturated rings. The van der Waals surface area contributed by atoms with Crippen LogP contribution in [-0.2, 0) is 6.54 Å². The van der Waals surface area contributed by atoms with Crippen LogP contribution in [0.2, 0.25) is 0 Å². The zero-order chi connectivity index (χ0) is 32.4. The summed E-state index contributed by atoms with van der Waals surface area (Å²) in [5.41, 5.74) is 5.42. The third-order valence-corrected chi connectivity index (χ3v) is 6.23. The van der Waals surface area contributed by atoms with Crippen molar-refractivity contribution in [2.45, 2.75) is 20.4 Å². The topological polar surface area (TPSA) is 80.3 Å². The van der Waals surface area contributed by atoms with Crippen LogP contribution in [0.25, 0.3) is 23.0 Å². The van der Waals surface area contributed by atoms with Gasteiger partial charge in [0.1, 0.15) is 0 Å². The maximum Gasteiger partial charge on any atom is 0.278 e.